The number of pyridine rings is 2. The molecule has 0 amide bonds. The highest BCUT2D eigenvalue weighted by molar-refractivity contribution is 5.74. The first kappa shape index (κ1) is 12.5. The molecule has 0 spiro atoms. The molecule has 0 aliphatic carbocycles. The van der Waals surface area contributed by atoms with Gasteiger partial charge in [-0.1, -0.05) is 12.1 Å². The van der Waals surface area contributed by atoms with E-state index in [4.69, 9.17) is 5.73 Å². The molecule has 1 atom stereocenters. The Bertz CT molecular complexity index is 632. The first-order valence-corrected chi connectivity index (χ1v) is 6.44. The second-order valence-corrected chi connectivity index (χ2v) is 4.56. The van der Waals surface area contributed by atoms with Gasteiger partial charge >= 0.3 is 0 Å². The zero-order valence-corrected chi connectivity index (χ0v) is 11.1. The van der Waals surface area contributed by atoms with E-state index in [0.717, 1.165) is 28.6 Å². The Morgan fingerprint density at radius 1 is 1.00 bits per heavy atom. The number of hydrogen-bond donors (Lipinski definition) is 2. The summed E-state index contributed by atoms with van der Waals surface area (Å²) < 4.78 is 0. The van der Waals surface area contributed by atoms with E-state index in [-0.39, 0.29) is 6.04 Å². The standard InChI is InChI=1S/C15H15N5/c1-10(16)15-19-13(11-6-2-4-8-17-11)14(20-15)12-7-3-5-9-18-12/h2-10H,16H2,1H3,(H,19,20)/t10-/m0/s1. The highest BCUT2D eigenvalue weighted by Gasteiger charge is 2.17. The molecule has 0 aliphatic heterocycles. The van der Waals surface area contributed by atoms with Gasteiger partial charge < -0.3 is 10.7 Å². The van der Waals surface area contributed by atoms with Crippen LogP contribution in [0.3, 0.4) is 0 Å². The third-order valence-corrected chi connectivity index (χ3v) is 2.98. The lowest BCUT2D eigenvalue weighted by atomic mass is 10.2. The minimum Gasteiger partial charge on any atom is -0.339 e. The van der Waals surface area contributed by atoms with Crippen LogP contribution in [0.25, 0.3) is 22.8 Å². The molecular weight excluding hydrogens is 250 g/mol. The molecule has 3 aromatic rings. The van der Waals surface area contributed by atoms with Crippen molar-refractivity contribution in [2.75, 3.05) is 0 Å². The monoisotopic (exact) mass is 265 g/mol. The van der Waals surface area contributed by atoms with E-state index < -0.39 is 0 Å². The topological polar surface area (TPSA) is 80.5 Å². The number of H-pyrrole nitrogens is 1. The van der Waals surface area contributed by atoms with Crippen molar-refractivity contribution in [2.24, 2.45) is 5.73 Å². The Hall–Kier alpha value is -2.53. The summed E-state index contributed by atoms with van der Waals surface area (Å²) in [6, 6.07) is 11.3. The zero-order chi connectivity index (χ0) is 13.9. The van der Waals surface area contributed by atoms with Gasteiger partial charge in [-0.15, -0.1) is 0 Å². The van der Waals surface area contributed by atoms with Crippen molar-refractivity contribution < 1.29 is 0 Å². The van der Waals surface area contributed by atoms with Crippen molar-refractivity contribution in [1.29, 1.82) is 0 Å². The predicted octanol–water partition coefficient (Wildman–Crippen LogP) is 2.55. The van der Waals surface area contributed by atoms with Crippen molar-refractivity contribution in [3.8, 4) is 22.8 Å². The van der Waals surface area contributed by atoms with Gasteiger partial charge in [-0.05, 0) is 31.2 Å². The van der Waals surface area contributed by atoms with Crippen LogP contribution < -0.4 is 5.73 Å². The molecule has 5 nitrogen and oxygen atoms in total. The maximum absolute atomic E-state index is 5.92. The molecule has 0 saturated carbocycles. The minimum atomic E-state index is -0.171. The summed E-state index contributed by atoms with van der Waals surface area (Å²) in [7, 11) is 0. The third kappa shape index (κ3) is 2.31. The van der Waals surface area contributed by atoms with E-state index >= 15 is 0 Å². The lowest BCUT2D eigenvalue weighted by molar-refractivity contribution is 0.756. The molecule has 0 radical (unpaired) electrons. The van der Waals surface area contributed by atoms with E-state index in [1.807, 2.05) is 43.3 Å². The first-order chi connectivity index (χ1) is 9.75. The highest BCUT2D eigenvalue weighted by atomic mass is 15.0. The molecule has 3 N–H and O–H groups in total. The van der Waals surface area contributed by atoms with Crippen LogP contribution in [-0.4, -0.2) is 19.9 Å². The quantitative estimate of drug-likeness (QED) is 0.762. The highest BCUT2D eigenvalue weighted by Crippen LogP contribution is 2.28. The van der Waals surface area contributed by atoms with Gasteiger partial charge in [0.2, 0.25) is 0 Å². The molecule has 3 aromatic heterocycles. The average Bonchev–Trinajstić information content (AvgIpc) is 2.94. The minimum absolute atomic E-state index is 0.171. The molecular formula is C15H15N5. The summed E-state index contributed by atoms with van der Waals surface area (Å²) >= 11 is 0. The fourth-order valence-electron chi connectivity index (χ4n) is 1.99. The molecule has 0 aromatic carbocycles. The maximum Gasteiger partial charge on any atom is 0.124 e. The summed E-state index contributed by atoms with van der Waals surface area (Å²) in [6.45, 7) is 1.89. The summed E-state index contributed by atoms with van der Waals surface area (Å²) in [5.41, 5.74) is 9.16. The van der Waals surface area contributed by atoms with Crippen LogP contribution in [0.1, 0.15) is 18.8 Å². The van der Waals surface area contributed by atoms with Crippen LogP contribution in [0.2, 0.25) is 0 Å². The number of rotatable bonds is 3. The third-order valence-electron chi connectivity index (χ3n) is 2.98. The average molecular weight is 265 g/mol. The van der Waals surface area contributed by atoms with Gasteiger partial charge in [0.05, 0.1) is 23.1 Å². The van der Waals surface area contributed by atoms with Gasteiger partial charge in [0.1, 0.15) is 11.5 Å². The largest absolute Gasteiger partial charge is 0.339 e. The van der Waals surface area contributed by atoms with Gasteiger partial charge in [0.25, 0.3) is 0 Å². The van der Waals surface area contributed by atoms with E-state index in [9.17, 15) is 0 Å². The van der Waals surface area contributed by atoms with Crippen LogP contribution in [0, 0.1) is 0 Å². The van der Waals surface area contributed by atoms with Crippen LogP contribution in [0.15, 0.2) is 48.8 Å². The zero-order valence-electron chi connectivity index (χ0n) is 11.1. The lowest BCUT2D eigenvalue weighted by Crippen LogP contribution is -2.06. The Balaban J connectivity index is 2.18. The summed E-state index contributed by atoms with van der Waals surface area (Å²) in [4.78, 5) is 16.6. The molecule has 0 saturated heterocycles. The van der Waals surface area contributed by atoms with Crippen LogP contribution >= 0.6 is 0 Å². The molecule has 0 unspecified atom stereocenters. The van der Waals surface area contributed by atoms with Crippen molar-refractivity contribution in [2.45, 2.75) is 13.0 Å². The van der Waals surface area contributed by atoms with Crippen LogP contribution in [-0.2, 0) is 0 Å². The Kier molecular flexibility index (Phi) is 3.26. The normalized spacial score (nSPS) is 12.3. The fraction of sp³-hybridized carbons (Fsp3) is 0.133. The van der Waals surface area contributed by atoms with Crippen molar-refractivity contribution in [3.63, 3.8) is 0 Å². The summed E-state index contributed by atoms with van der Waals surface area (Å²) in [5.74, 6) is 0.728. The Morgan fingerprint density at radius 3 is 2.20 bits per heavy atom. The number of imidazole rings is 1. The number of nitrogens with one attached hydrogen (secondary N) is 1. The Morgan fingerprint density at radius 2 is 1.65 bits per heavy atom. The Labute approximate surface area is 116 Å². The van der Waals surface area contributed by atoms with Crippen molar-refractivity contribution in [3.05, 3.63) is 54.6 Å². The van der Waals surface area contributed by atoms with Gasteiger partial charge in [0.15, 0.2) is 0 Å². The molecule has 5 heteroatoms. The molecule has 3 rings (SSSR count). The van der Waals surface area contributed by atoms with E-state index in [1.165, 1.54) is 0 Å². The number of aromatic amines is 1. The van der Waals surface area contributed by atoms with Gasteiger partial charge in [-0.3, -0.25) is 9.97 Å². The molecule has 3 heterocycles. The number of aromatic nitrogens is 4. The smallest absolute Gasteiger partial charge is 0.124 e. The van der Waals surface area contributed by atoms with E-state index in [2.05, 4.69) is 19.9 Å². The first-order valence-electron chi connectivity index (χ1n) is 6.44. The molecule has 0 fully saturated rings. The number of hydrogen-bond acceptors (Lipinski definition) is 4. The summed E-state index contributed by atoms with van der Waals surface area (Å²) in [5, 5.41) is 0. The van der Waals surface area contributed by atoms with Crippen LogP contribution in [0.4, 0.5) is 0 Å². The predicted molar refractivity (Wildman–Crippen MR) is 77.7 cm³/mol. The summed E-state index contributed by atoms with van der Waals surface area (Å²) in [6.07, 6.45) is 3.50. The molecule has 20 heavy (non-hydrogen) atoms. The van der Waals surface area contributed by atoms with Crippen molar-refractivity contribution >= 4 is 0 Å². The van der Waals surface area contributed by atoms with E-state index in [1.54, 1.807) is 12.4 Å². The van der Waals surface area contributed by atoms with E-state index in [0.29, 0.717) is 0 Å². The van der Waals surface area contributed by atoms with Gasteiger partial charge in [0, 0.05) is 12.4 Å². The number of nitrogens with two attached hydrogens (primary N) is 1. The molecule has 100 valence electrons. The van der Waals surface area contributed by atoms with Crippen LogP contribution in [0.5, 0.6) is 0 Å². The van der Waals surface area contributed by atoms with Gasteiger partial charge in [-0.25, -0.2) is 4.98 Å². The fourth-order valence-corrected chi connectivity index (χ4v) is 1.99. The van der Waals surface area contributed by atoms with Gasteiger partial charge in [-0.2, -0.15) is 0 Å². The SMILES string of the molecule is C[C@H](N)c1nc(-c2ccccn2)c(-c2ccccn2)[nH]1. The second-order valence-electron chi connectivity index (χ2n) is 4.56. The molecule has 0 aliphatic rings. The second kappa shape index (κ2) is 5.22. The maximum atomic E-state index is 5.92. The number of nitrogens with zero attached hydrogens (tertiary/aromatic N) is 3. The molecule has 0 bridgehead atoms. The lowest BCUT2D eigenvalue weighted by Gasteiger charge is -2.01. The van der Waals surface area contributed by atoms with Crippen molar-refractivity contribution in [1.82, 2.24) is 19.9 Å².